The Balaban J connectivity index is 2.70. The van der Waals surface area contributed by atoms with Crippen molar-refractivity contribution in [2.24, 2.45) is 5.73 Å². The van der Waals surface area contributed by atoms with Gasteiger partial charge in [-0.05, 0) is 44.4 Å². The molecule has 0 aromatic heterocycles. The minimum absolute atomic E-state index is 0.0617. The van der Waals surface area contributed by atoms with Crippen molar-refractivity contribution in [2.45, 2.75) is 58.7 Å². The molecule has 1 aromatic carbocycles. The van der Waals surface area contributed by atoms with E-state index in [1.165, 1.54) is 12.1 Å². The van der Waals surface area contributed by atoms with E-state index in [4.69, 9.17) is 10.5 Å². The second-order valence-corrected chi connectivity index (χ2v) is 5.26. The summed E-state index contributed by atoms with van der Waals surface area (Å²) in [6.45, 7) is 7.40. The van der Waals surface area contributed by atoms with E-state index < -0.39 is 11.9 Å². The van der Waals surface area contributed by atoms with Gasteiger partial charge in [0.1, 0.15) is 0 Å². The summed E-state index contributed by atoms with van der Waals surface area (Å²) in [5, 5.41) is 2.88. The maximum Gasteiger partial charge on any atom is 0.260 e. The van der Waals surface area contributed by atoms with Crippen LogP contribution in [0.4, 0.5) is 4.39 Å². The Kier molecular flexibility index (Phi) is 6.62. The van der Waals surface area contributed by atoms with E-state index in [9.17, 15) is 9.18 Å². The summed E-state index contributed by atoms with van der Waals surface area (Å²) in [5.74, 6) is -0.682. The van der Waals surface area contributed by atoms with E-state index >= 15 is 0 Å². The summed E-state index contributed by atoms with van der Waals surface area (Å²) in [6, 6.07) is 4.42. The minimum atomic E-state index is -0.749. The van der Waals surface area contributed by atoms with Gasteiger partial charge in [-0.2, -0.15) is 0 Å². The molecule has 1 aromatic rings. The number of benzene rings is 1. The third kappa shape index (κ3) is 5.01. The second-order valence-electron chi connectivity index (χ2n) is 5.26. The summed E-state index contributed by atoms with van der Waals surface area (Å²) in [4.78, 5) is 12.0. The molecule has 4 nitrogen and oxygen atoms in total. The minimum Gasteiger partial charge on any atom is -0.478 e. The number of ether oxygens (including phenoxy) is 1. The van der Waals surface area contributed by atoms with Gasteiger partial charge < -0.3 is 15.8 Å². The maximum absolute atomic E-state index is 13.9. The first-order valence-electron chi connectivity index (χ1n) is 7.41. The molecule has 3 N–H and O–H groups in total. The lowest BCUT2D eigenvalue weighted by Crippen LogP contribution is -2.42. The van der Waals surface area contributed by atoms with Gasteiger partial charge in [0.2, 0.25) is 0 Å². The number of halogens is 1. The van der Waals surface area contributed by atoms with Crippen LogP contribution in [0.2, 0.25) is 0 Å². The SMILES string of the molecule is CCC(CC)NC(=O)C(C)Oc1ccc([C@H](C)N)cc1F. The second kappa shape index (κ2) is 7.98. The summed E-state index contributed by atoms with van der Waals surface area (Å²) < 4.78 is 19.3. The Hall–Kier alpha value is -1.62. The fourth-order valence-electron chi connectivity index (χ4n) is 1.95. The van der Waals surface area contributed by atoms with E-state index in [0.29, 0.717) is 5.56 Å². The van der Waals surface area contributed by atoms with Crippen molar-refractivity contribution in [1.82, 2.24) is 5.32 Å². The van der Waals surface area contributed by atoms with Crippen molar-refractivity contribution in [3.05, 3.63) is 29.6 Å². The average molecular weight is 296 g/mol. The Morgan fingerprint density at radius 3 is 2.43 bits per heavy atom. The number of hydrogen-bond donors (Lipinski definition) is 2. The third-order valence-corrected chi connectivity index (χ3v) is 3.49. The van der Waals surface area contributed by atoms with Gasteiger partial charge in [0.05, 0.1) is 0 Å². The van der Waals surface area contributed by atoms with Gasteiger partial charge in [-0.1, -0.05) is 19.9 Å². The number of nitrogens with two attached hydrogens (primary N) is 1. The van der Waals surface area contributed by atoms with Crippen LogP contribution in [0.25, 0.3) is 0 Å². The molecule has 0 aliphatic rings. The van der Waals surface area contributed by atoms with Gasteiger partial charge in [0.15, 0.2) is 17.7 Å². The number of nitrogens with one attached hydrogen (secondary N) is 1. The van der Waals surface area contributed by atoms with Gasteiger partial charge in [0, 0.05) is 12.1 Å². The Morgan fingerprint density at radius 2 is 1.95 bits per heavy atom. The zero-order valence-corrected chi connectivity index (χ0v) is 13.2. The molecule has 21 heavy (non-hydrogen) atoms. The highest BCUT2D eigenvalue weighted by atomic mass is 19.1. The molecule has 118 valence electrons. The van der Waals surface area contributed by atoms with Gasteiger partial charge in [-0.15, -0.1) is 0 Å². The normalized spacial score (nSPS) is 13.9. The molecule has 5 heteroatoms. The zero-order valence-electron chi connectivity index (χ0n) is 13.2. The molecular formula is C16H25FN2O2. The molecule has 0 saturated carbocycles. The first kappa shape index (κ1) is 17.4. The van der Waals surface area contributed by atoms with Crippen molar-refractivity contribution >= 4 is 5.91 Å². The van der Waals surface area contributed by atoms with Gasteiger partial charge >= 0.3 is 0 Å². The van der Waals surface area contributed by atoms with E-state index in [1.807, 2.05) is 13.8 Å². The lowest BCUT2D eigenvalue weighted by molar-refractivity contribution is -0.128. The first-order chi connectivity index (χ1) is 9.88. The predicted molar refractivity (Wildman–Crippen MR) is 81.6 cm³/mol. The maximum atomic E-state index is 13.9. The molecule has 2 atom stereocenters. The molecule has 1 rings (SSSR count). The quantitative estimate of drug-likeness (QED) is 0.813. The van der Waals surface area contributed by atoms with Crippen LogP contribution in [-0.4, -0.2) is 18.1 Å². The molecule has 0 fully saturated rings. The van der Waals surface area contributed by atoms with Crippen LogP contribution < -0.4 is 15.8 Å². The summed E-state index contributed by atoms with van der Waals surface area (Å²) in [7, 11) is 0. The highest BCUT2D eigenvalue weighted by molar-refractivity contribution is 5.81. The summed E-state index contributed by atoms with van der Waals surface area (Å²) >= 11 is 0. The molecule has 0 bridgehead atoms. The molecule has 1 unspecified atom stereocenters. The predicted octanol–water partition coefficient (Wildman–Crippen LogP) is 2.92. The van der Waals surface area contributed by atoms with E-state index in [-0.39, 0.29) is 23.7 Å². The van der Waals surface area contributed by atoms with Crippen molar-refractivity contribution < 1.29 is 13.9 Å². The lowest BCUT2D eigenvalue weighted by atomic mass is 10.1. The molecule has 0 spiro atoms. The van der Waals surface area contributed by atoms with Crippen LogP contribution in [0.3, 0.4) is 0 Å². The van der Waals surface area contributed by atoms with Crippen molar-refractivity contribution in [3.8, 4) is 5.75 Å². The van der Waals surface area contributed by atoms with Crippen molar-refractivity contribution in [2.75, 3.05) is 0 Å². The van der Waals surface area contributed by atoms with Crippen LogP contribution in [-0.2, 0) is 4.79 Å². The topological polar surface area (TPSA) is 64.3 Å². The van der Waals surface area contributed by atoms with Crippen LogP contribution in [0.5, 0.6) is 5.75 Å². The molecular weight excluding hydrogens is 271 g/mol. The molecule has 1 amide bonds. The molecule has 0 aliphatic heterocycles. The molecule has 0 radical (unpaired) electrons. The standard InChI is InChI=1S/C16H25FN2O2/c1-5-13(6-2)19-16(20)11(4)21-15-8-7-12(10(3)18)9-14(15)17/h7-11,13H,5-6,18H2,1-4H3,(H,19,20)/t10-,11?/m0/s1. The first-order valence-corrected chi connectivity index (χ1v) is 7.41. The Labute approximate surface area is 125 Å². The number of carbonyl (C=O) groups excluding carboxylic acids is 1. The van der Waals surface area contributed by atoms with Crippen LogP contribution >= 0.6 is 0 Å². The molecule has 0 saturated heterocycles. The third-order valence-electron chi connectivity index (χ3n) is 3.49. The average Bonchev–Trinajstić information content (AvgIpc) is 2.46. The number of amides is 1. The van der Waals surface area contributed by atoms with E-state index in [2.05, 4.69) is 5.32 Å². The highest BCUT2D eigenvalue weighted by Gasteiger charge is 2.19. The number of carbonyl (C=O) groups is 1. The smallest absolute Gasteiger partial charge is 0.260 e. The van der Waals surface area contributed by atoms with Gasteiger partial charge in [-0.25, -0.2) is 4.39 Å². The van der Waals surface area contributed by atoms with Gasteiger partial charge in [-0.3, -0.25) is 4.79 Å². The summed E-state index contributed by atoms with van der Waals surface area (Å²) in [5.41, 5.74) is 6.38. The van der Waals surface area contributed by atoms with Crippen LogP contribution in [0, 0.1) is 5.82 Å². The Morgan fingerprint density at radius 1 is 1.33 bits per heavy atom. The molecule has 0 heterocycles. The monoisotopic (exact) mass is 296 g/mol. The highest BCUT2D eigenvalue weighted by Crippen LogP contribution is 2.22. The van der Waals surface area contributed by atoms with Gasteiger partial charge in [0.25, 0.3) is 5.91 Å². The van der Waals surface area contributed by atoms with Crippen LogP contribution in [0.1, 0.15) is 52.1 Å². The largest absolute Gasteiger partial charge is 0.478 e. The van der Waals surface area contributed by atoms with Crippen molar-refractivity contribution in [1.29, 1.82) is 0 Å². The van der Waals surface area contributed by atoms with E-state index in [1.54, 1.807) is 19.9 Å². The zero-order chi connectivity index (χ0) is 16.0. The number of rotatable bonds is 7. The fraction of sp³-hybridized carbons (Fsp3) is 0.562. The number of hydrogen-bond acceptors (Lipinski definition) is 3. The summed E-state index contributed by atoms with van der Waals surface area (Å²) in [6.07, 6.45) is 0.958. The fourth-order valence-corrected chi connectivity index (χ4v) is 1.95. The molecule has 0 aliphatic carbocycles. The van der Waals surface area contributed by atoms with Crippen molar-refractivity contribution in [3.63, 3.8) is 0 Å². The lowest BCUT2D eigenvalue weighted by Gasteiger charge is -2.20. The Bertz CT molecular complexity index is 473. The van der Waals surface area contributed by atoms with E-state index in [0.717, 1.165) is 12.8 Å². The van der Waals surface area contributed by atoms with Crippen LogP contribution in [0.15, 0.2) is 18.2 Å².